The van der Waals surface area contributed by atoms with Crippen LogP contribution in [0.25, 0.3) is 22.5 Å². The molecule has 3 rings (SSSR count). The molecule has 0 fully saturated rings. The molecule has 9 heteroatoms. The number of benzene rings is 2. The van der Waals surface area contributed by atoms with Gasteiger partial charge in [-0.15, -0.1) is 0 Å². The van der Waals surface area contributed by atoms with Gasteiger partial charge in [0, 0.05) is 29.7 Å². The average molecular weight is 411 g/mol. The van der Waals surface area contributed by atoms with Gasteiger partial charge < -0.3 is 14.2 Å². The quantitative estimate of drug-likeness (QED) is 0.444. The first-order valence-electron chi connectivity index (χ1n) is 8.97. The standard InChI is InChI=1S/C21H21N3O6/c1-12-8-14(6-7-17(12)24(26)27)16-11-18(23(22-16)13(2)25)15-9-19(28-3)21(30-5)20(10-15)29-4/h6-11H,1-5H3. The number of nitrogens with zero attached hydrogens (tertiary/aromatic N) is 3. The van der Waals surface area contributed by atoms with Gasteiger partial charge in [-0.3, -0.25) is 14.9 Å². The van der Waals surface area contributed by atoms with Crippen molar-refractivity contribution in [1.29, 1.82) is 0 Å². The zero-order valence-electron chi connectivity index (χ0n) is 17.3. The Bertz CT molecular complexity index is 1110. The second kappa shape index (κ2) is 8.24. The summed E-state index contributed by atoms with van der Waals surface area (Å²) < 4.78 is 17.4. The van der Waals surface area contributed by atoms with Crippen LogP contribution in [-0.4, -0.2) is 41.9 Å². The maximum absolute atomic E-state index is 12.3. The molecule has 0 radical (unpaired) electrons. The molecule has 9 nitrogen and oxygen atoms in total. The summed E-state index contributed by atoms with van der Waals surface area (Å²) in [6.07, 6.45) is 0. The van der Waals surface area contributed by atoms with E-state index in [1.807, 2.05) is 0 Å². The van der Waals surface area contributed by atoms with Gasteiger partial charge in [-0.1, -0.05) is 0 Å². The van der Waals surface area contributed by atoms with Crippen molar-refractivity contribution in [3.8, 4) is 39.8 Å². The molecule has 0 spiro atoms. The SMILES string of the molecule is COc1cc(-c2cc(-c3ccc([N+](=O)[O-])c(C)c3)nn2C(C)=O)cc(OC)c1OC. The van der Waals surface area contributed by atoms with E-state index < -0.39 is 4.92 Å². The van der Waals surface area contributed by atoms with E-state index in [2.05, 4.69) is 5.10 Å². The number of hydrogen-bond donors (Lipinski definition) is 0. The first-order chi connectivity index (χ1) is 14.3. The van der Waals surface area contributed by atoms with Crippen molar-refractivity contribution in [2.75, 3.05) is 21.3 Å². The topological polar surface area (TPSA) is 106 Å². The second-order valence-electron chi connectivity index (χ2n) is 6.52. The number of aryl methyl sites for hydroxylation is 1. The minimum Gasteiger partial charge on any atom is -0.493 e. The fraction of sp³-hybridized carbons (Fsp3) is 0.238. The number of ether oxygens (including phenoxy) is 3. The molecule has 0 bridgehead atoms. The molecule has 0 atom stereocenters. The lowest BCUT2D eigenvalue weighted by Gasteiger charge is -2.14. The van der Waals surface area contributed by atoms with E-state index in [1.165, 1.54) is 39.0 Å². The van der Waals surface area contributed by atoms with Crippen molar-refractivity contribution in [1.82, 2.24) is 9.78 Å². The highest BCUT2D eigenvalue weighted by Gasteiger charge is 2.20. The third-order valence-corrected chi connectivity index (χ3v) is 4.66. The Balaban J connectivity index is 2.18. The van der Waals surface area contributed by atoms with Crippen LogP contribution in [0.1, 0.15) is 17.3 Å². The maximum Gasteiger partial charge on any atom is 0.272 e. The third-order valence-electron chi connectivity index (χ3n) is 4.66. The molecule has 30 heavy (non-hydrogen) atoms. The van der Waals surface area contributed by atoms with Crippen LogP contribution in [0.3, 0.4) is 0 Å². The molecular formula is C21H21N3O6. The van der Waals surface area contributed by atoms with Crippen LogP contribution in [0.5, 0.6) is 17.2 Å². The van der Waals surface area contributed by atoms with Crippen molar-refractivity contribution in [2.45, 2.75) is 13.8 Å². The number of aromatic nitrogens is 2. The van der Waals surface area contributed by atoms with Crippen LogP contribution >= 0.6 is 0 Å². The molecular weight excluding hydrogens is 390 g/mol. The lowest BCUT2D eigenvalue weighted by molar-refractivity contribution is -0.385. The maximum atomic E-state index is 12.3. The Morgan fingerprint density at radius 2 is 1.63 bits per heavy atom. The molecule has 0 unspecified atom stereocenters. The Morgan fingerprint density at radius 3 is 2.10 bits per heavy atom. The van der Waals surface area contributed by atoms with E-state index in [9.17, 15) is 14.9 Å². The molecule has 156 valence electrons. The van der Waals surface area contributed by atoms with Crippen LogP contribution in [0.4, 0.5) is 5.69 Å². The van der Waals surface area contributed by atoms with Crippen molar-refractivity contribution >= 4 is 11.6 Å². The second-order valence-corrected chi connectivity index (χ2v) is 6.52. The van der Waals surface area contributed by atoms with Crippen molar-refractivity contribution in [3.63, 3.8) is 0 Å². The van der Waals surface area contributed by atoms with Crippen LogP contribution < -0.4 is 14.2 Å². The first-order valence-corrected chi connectivity index (χ1v) is 8.97. The molecule has 0 aliphatic rings. The van der Waals surface area contributed by atoms with Crippen LogP contribution in [0, 0.1) is 17.0 Å². The molecule has 0 amide bonds. The van der Waals surface area contributed by atoms with E-state index in [1.54, 1.807) is 37.3 Å². The van der Waals surface area contributed by atoms with E-state index in [0.717, 1.165) is 0 Å². The molecule has 0 aliphatic heterocycles. The number of methoxy groups -OCH3 is 3. The minimum atomic E-state index is -0.436. The molecule has 3 aromatic rings. The van der Waals surface area contributed by atoms with Crippen LogP contribution in [-0.2, 0) is 0 Å². The number of nitro benzene ring substituents is 1. The molecule has 2 aromatic carbocycles. The highest BCUT2D eigenvalue weighted by Crippen LogP contribution is 2.41. The summed E-state index contributed by atoms with van der Waals surface area (Å²) in [5, 5.41) is 15.5. The molecule has 1 heterocycles. The fourth-order valence-corrected chi connectivity index (χ4v) is 3.22. The zero-order valence-corrected chi connectivity index (χ0v) is 17.3. The lowest BCUT2D eigenvalue weighted by atomic mass is 10.1. The van der Waals surface area contributed by atoms with Gasteiger partial charge in [0.2, 0.25) is 11.7 Å². The van der Waals surface area contributed by atoms with Gasteiger partial charge >= 0.3 is 0 Å². The molecule has 1 aromatic heterocycles. The summed E-state index contributed by atoms with van der Waals surface area (Å²) in [5.74, 6) is 1.03. The summed E-state index contributed by atoms with van der Waals surface area (Å²) >= 11 is 0. The Morgan fingerprint density at radius 1 is 1.00 bits per heavy atom. The molecule has 0 aliphatic carbocycles. The van der Waals surface area contributed by atoms with E-state index in [-0.39, 0.29) is 11.6 Å². The van der Waals surface area contributed by atoms with Gasteiger partial charge in [-0.05, 0) is 37.3 Å². The Kier molecular flexibility index (Phi) is 5.72. The fourth-order valence-electron chi connectivity index (χ4n) is 3.22. The summed E-state index contributed by atoms with van der Waals surface area (Å²) in [6, 6.07) is 9.89. The number of hydrogen-bond acceptors (Lipinski definition) is 7. The predicted molar refractivity (Wildman–Crippen MR) is 110 cm³/mol. The van der Waals surface area contributed by atoms with Gasteiger partial charge in [0.05, 0.1) is 37.6 Å². The summed E-state index contributed by atoms with van der Waals surface area (Å²) in [4.78, 5) is 22.9. The van der Waals surface area contributed by atoms with Crippen LogP contribution in [0.2, 0.25) is 0 Å². The van der Waals surface area contributed by atoms with E-state index in [4.69, 9.17) is 14.2 Å². The Labute approximate surface area is 172 Å². The third kappa shape index (κ3) is 3.69. The number of carbonyl (C=O) groups excluding carboxylic acids is 1. The smallest absolute Gasteiger partial charge is 0.272 e. The Hall–Kier alpha value is -3.88. The monoisotopic (exact) mass is 411 g/mol. The molecule has 0 saturated carbocycles. The lowest BCUT2D eigenvalue weighted by Crippen LogP contribution is -2.09. The van der Waals surface area contributed by atoms with Gasteiger partial charge in [-0.2, -0.15) is 9.78 Å². The zero-order chi connectivity index (χ0) is 22.0. The van der Waals surface area contributed by atoms with Crippen molar-refractivity contribution in [3.05, 3.63) is 52.1 Å². The van der Waals surface area contributed by atoms with Gasteiger partial charge in [0.15, 0.2) is 11.5 Å². The highest BCUT2D eigenvalue weighted by molar-refractivity contribution is 5.84. The number of nitro groups is 1. The molecule has 0 N–H and O–H groups in total. The number of carbonyl (C=O) groups is 1. The van der Waals surface area contributed by atoms with Gasteiger partial charge in [0.1, 0.15) is 0 Å². The first kappa shape index (κ1) is 20.8. The van der Waals surface area contributed by atoms with Crippen LogP contribution in [0.15, 0.2) is 36.4 Å². The highest BCUT2D eigenvalue weighted by atomic mass is 16.6. The van der Waals surface area contributed by atoms with Gasteiger partial charge in [-0.25, -0.2) is 0 Å². The largest absolute Gasteiger partial charge is 0.493 e. The van der Waals surface area contributed by atoms with Crippen molar-refractivity contribution < 1.29 is 23.9 Å². The van der Waals surface area contributed by atoms with Crippen molar-refractivity contribution in [2.24, 2.45) is 0 Å². The van der Waals surface area contributed by atoms with Gasteiger partial charge in [0.25, 0.3) is 5.69 Å². The minimum absolute atomic E-state index is 0.0228. The number of rotatable bonds is 6. The average Bonchev–Trinajstić information content (AvgIpc) is 3.18. The summed E-state index contributed by atoms with van der Waals surface area (Å²) in [5.41, 5.74) is 2.85. The predicted octanol–water partition coefficient (Wildman–Crippen LogP) is 4.12. The summed E-state index contributed by atoms with van der Waals surface area (Å²) in [6.45, 7) is 3.06. The molecule has 0 saturated heterocycles. The summed E-state index contributed by atoms with van der Waals surface area (Å²) in [7, 11) is 4.53. The van der Waals surface area contributed by atoms with E-state index in [0.29, 0.717) is 45.3 Å². The normalized spacial score (nSPS) is 10.6. The van der Waals surface area contributed by atoms with E-state index >= 15 is 0 Å².